The number of carbonyl (C=O) groups is 3. The van der Waals surface area contributed by atoms with Gasteiger partial charge in [0.1, 0.15) is 22.8 Å². The monoisotopic (exact) mass is 514 g/mol. The van der Waals surface area contributed by atoms with Gasteiger partial charge in [-0.05, 0) is 30.7 Å². The Morgan fingerprint density at radius 1 is 1.19 bits per heavy atom. The maximum Gasteiger partial charge on any atom is 0.359 e. The van der Waals surface area contributed by atoms with Crippen LogP contribution < -0.4 is 10.1 Å². The van der Waals surface area contributed by atoms with Crippen molar-refractivity contribution in [3.63, 3.8) is 0 Å². The molecule has 1 unspecified atom stereocenters. The van der Waals surface area contributed by atoms with Gasteiger partial charge in [0.25, 0.3) is 5.91 Å². The van der Waals surface area contributed by atoms with Crippen molar-refractivity contribution in [2.45, 2.75) is 32.1 Å². The number of para-hydroxylation sites is 1. The van der Waals surface area contributed by atoms with Crippen LogP contribution in [0, 0.1) is 5.82 Å². The molecule has 0 saturated carbocycles. The number of hydrogen-bond acceptors (Lipinski definition) is 6. The Kier molecular flexibility index (Phi) is 6.98. The summed E-state index contributed by atoms with van der Waals surface area (Å²) in [6.07, 6.45) is 1.33. The number of fused-ring (bicyclic) bond motifs is 1. The van der Waals surface area contributed by atoms with Gasteiger partial charge >= 0.3 is 5.97 Å². The number of aromatic nitrogens is 2. The normalized spacial score (nSPS) is 16.9. The van der Waals surface area contributed by atoms with Crippen molar-refractivity contribution in [3.8, 4) is 5.75 Å². The molecule has 1 aliphatic heterocycles. The summed E-state index contributed by atoms with van der Waals surface area (Å²) < 4.78 is 25.2. The van der Waals surface area contributed by atoms with Crippen molar-refractivity contribution in [1.82, 2.24) is 19.8 Å². The van der Waals surface area contributed by atoms with Crippen LogP contribution in [0.5, 0.6) is 5.75 Å². The van der Waals surface area contributed by atoms with Crippen LogP contribution in [0.1, 0.15) is 39.0 Å². The van der Waals surface area contributed by atoms with Gasteiger partial charge in [-0.25, -0.2) is 14.2 Å². The first-order valence-corrected chi connectivity index (χ1v) is 11.4. The van der Waals surface area contributed by atoms with Gasteiger partial charge in [-0.15, -0.1) is 0 Å². The average molecular weight is 515 g/mol. The largest absolute Gasteiger partial charge is 0.496 e. The first kappa shape index (κ1) is 25.2. The Morgan fingerprint density at radius 3 is 2.64 bits per heavy atom. The molecule has 0 spiro atoms. The highest BCUT2D eigenvalue weighted by molar-refractivity contribution is 6.31. The number of methoxy groups -OCH3 is 2. The van der Waals surface area contributed by atoms with E-state index in [4.69, 9.17) is 21.1 Å². The number of imidazole rings is 1. The van der Waals surface area contributed by atoms with Gasteiger partial charge in [-0.3, -0.25) is 9.59 Å². The number of halogens is 2. The molecule has 0 fully saturated rings. The van der Waals surface area contributed by atoms with Crippen LogP contribution in [0.15, 0.2) is 48.8 Å². The topological polar surface area (TPSA) is 103 Å². The summed E-state index contributed by atoms with van der Waals surface area (Å²) >= 11 is 6.24. The quantitative estimate of drug-likeness (QED) is 0.486. The zero-order chi connectivity index (χ0) is 26.0. The van der Waals surface area contributed by atoms with Crippen LogP contribution >= 0.6 is 11.6 Å². The highest BCUT2D eigenvalue weighted by atomic mass is 35.5. The number of carbonyl (C=O) groups excluding carboxylic acids is 3. The molecule has 1 aliphatic rings. The van der Waals surface area contributed by atoms with Crippen molar-refractivity contribution >= 4 is 29.4 Å². The second kappa shape index (κ2) is 9.98. The van der Waals surface area contributed by atoms with Crippen molar-refractivity contribution in [2.75, 3.05) is 14.2 Å². The maximum atomic E-state index is 13.7. The summed E-state index contributed by atoms with van der Waals surface area (Å²) in [6.45, 7) is 1.67. The molecule has 36 heavy (non-hydrogen) atoms. The van der Waals surface area contributed by atoms with E-state index >= 15 is 0 Å². The average Bonchev–Trinajstić information content (AvgIpc) is 3.29. The number of amides is 2. The minimum Gasteiger partial charge on any atom is -0.496 e. The van der Waals surface area contributed by atoms with Gasteiger partial charge in [0, 0.05) is 23.7 Å². The molecule has 11 heteroatoms. The van der Waals surface area contributed by atoms with Crippen molar-refractivity contribution < 1.29 is 28.2 Å². The lowest BCUT2D eigenvalue weighted by atomic mass is 9.93. The summed E-state index contributed by atoms with van der Waals surface area (Å²) in [6, 6.07) is 11.0. The fourth-order valence-corrected chi connectivity index (χ4v) is 4.44. The van der Waals surface area contributed by atoms with E-state index in [1.165, 1.54) is 42.1 Å². The van der Waals surface area contributed by atoms with Crippen LogP contribution in [-0.2, 0) is 29.2 Å². The van der Waals surface area contributed by atoms with E-state index in [0.717, 1.165) is 11.6 Å². The smallest absolute Gasteiger partial charge is 0.359 e. The third kappa shape index (κ3) is 4.51. The molecule has 1 N–H and O–H groups in total. The van der Waals surface area contributed by atoms with Gasteiger partial charge in [0.15, 0.2) is 5.69 Å². The fraction of sp³-hybridized carbons (Fsp3) is 0.280. The molecular formula is C25H24ClFN4O5. The molecule has 3 aromatic rings. The van der Waals surface area contributed by atoms with Crippen LogP contribution in [0.2, 0.25) is 5.02 Å². The SMILES string of the molecule is COC(=O)c1ncn2c1C(=O)N(Cc1ccc(F)cc1Cl)C(C)(C(=O)NCc1ccccc1OC)C2. The fourth-order valence-electron chi connectivity index (χ4n) is 4.22. The lowest BCUT2D eigenvalue weighted by Gasteiger charge is -2.44. The number of ether oxygens (including phenoxy) is 2. The Labute approximate surface area is 211 Å². The molecular weight excluding hydrogens is 491 g/mol. The molecule has 2 amide bonds. The Hall–Kier alpha value is -3.92. The van der Waals surface area contributed by atoms with Crippen molar-refractivity contribution in [2.24, 2.45) is 0 Å². The van der Waals surface area contributed by atoms with Crippen molar-refractivity contribution in [1.29, 1.82) is 0 Å². The Bertz CT molecular complexity index is 1340. The van der Waals surface area contributed by atoms with Gasteiger partial charge in [0.2, 0.25) is 5.91 Å². The molecule has 1 atom stereocenters. The highest BCUT2D eigenvalue weighted by Crippen LogP contribution is 2.32. The highest BCUT2D eigenvalue weighted by Gasteiger charge is 2.49. The molecule has 0 saturated heterocycles. The van der Waals surface area contributed by atoms with Crippen LogP contribution in [0.3, 0.4) is 0 Å². The summed E-state index contributed by atoms with van der Waals surface area (Å²) in [7, 11) is 2.72. The minimum absolute atomic E-state index is 0.00455. The van der Waals surface area contributed by atoms with Crippen LogP contribution in [-0.4, -0.2) is 52.0 Å². The number of benzene rings is 2. The number of hydrogen-bond donors (Lipinski definition) is 1. The zero-order valence-corrected chi connectivity index (χ0v) is 20.6. The number of nitrogens with zero attached hydrogens (tertiary/aromatic N) is 3. The first-order chi connectivity index (χ1) is 17.2. The van der Waals surface area contributed by atoms with Gasteiger partial charge in [-0.1, -0.05) is 35.9 Å². The van der Waals surface area contributed by atoms with Gasteiger partial charge in [-0.2, -0.15) is 0 Å². The van der Waals surface area contributed by atoms with Gasteiger partial charge in [0.05, 0.1) is 27.1 Å². The number of nitrogens with one attached hydrogen (secondary N) is 1. The van der Waals surface area contributed by atoms with Gasteiger partial charge < -0.3 is 24.3 Å². The molecule has 0 radical (unpaired) electrons. The molecule has 0 aliphatic carbocycles. The van der Waals surface area contributed by atoms with Crippen LogP contribution in [0.25, 0.3) is 0 Å². The predicted molar refractivity (Wildman–Crippen MR) is 128 cm³/mol. The molecule has 4 rings (SSSR count). The Balaban J connectivity index is 1.72. The Morgan fingerprint density at radius 2 is 1.94 bits per heavy atom. The van der Waals surface area contributed by atoms with Crippen LogP contribution in [0.4, 0.5) is 4.39 Å². The summed E-state index contributed by atoms with van der Waals surface area (Å²) in [5.41, 5.74) is -0.381. The minimum atomic E-state index is -1.40. The molecule has 188 valence electrons. The van der Waals surface area contributed by atoms with E-state index in [1.54, 1.807) is 13.0 Å². The summed E-state index contributed by atoms with van der Waals surface area (Å²) in [5, 5.41) is 2.99. The third-order valence-electron chi connectivity index (χ3n) is 6.20. The molecule has 9 nitrogen and oxygen atoms in total. The van der Waals surface area contributed by atoms with E-state index in [0.29, 0.717) is 11.3 Å². The molecule has 2 heterocycles. The third-order valence-corrected chi connectivity index (χ3v) is 6.55. The summed E-state index contributed by atoms with van der Waals surface area (Å²) in [5.74, 6) is -1.76. The van der Waals surface area contributed by atoms with E-state index < -0.39 is 29.1 Å². The van der Waals surface area contributed by atoms with E-state index in [2.05, 4.69) is 10.3 Å². The maximum absolute atomic E-state index is 13.7. The predicted octanol–water partition coefficient (Wildman–Crippen LogP) is 3.20. The summed E-state index contributed by atoms with van der Waals surface area (Å²) in [4.78, 5) is 45.0. The second-order valence-corrected chi connectivity index (χ2v) is 8.86. The van der Waals surface area contributed by atoms with E-state index in [9.17, 15) is 18.8 Å². The second-order valence-electron chi connectivity index (χ2n) is 8.46. The first-order valence-electron chi connectivity index (χ1n) is 11.0. The van der Waals surface area contributed by atoms with E-state index in [1.807, 2.05) is 18.2 Å². The molecule has 1 aromatic heterocycles. The number of esters is 1. The standard InChI is InChI=1S/C25H24ClFN4O5/c1-25(24(34)28-11-15-6-4-5-7-19(15)35-2)13-30-14-29-20(23(33)36-3)21(30)22(32)31(25)12-16-8-9-17(27)10-18(16)26/h4-10,14H,11-13H2,1-3H3,(H,28,34). The molecule has 0 bridgehead atoms. The van der Waals surface area contributed by atoms with E-state index in [-0.39, 0.29) is 36.0 Å². The lowest BCUT2D eigenvalue weighted by molar-refractivity contribution is -0.133. The molecule has 2 aromatic carbocycles. The number of rotatable bonds is 7. The lowest BCUT2D eigenvalue weighted by Crippen LogP contribution is -2.63. The van der Waals surface area contributed by atoms with Crippen molar-refractivity contribution in [3.05, 3.63) is 82.1 Å². The zero-order valence-electron chi connectivity index (χ0n) is 19.9.